The Labute approximate surface area is 177 Å². The second-order valence-electron chi connectivity index (χ2n) is 5.91. The Morgan fingerprint density at radius 3 is 2.25 bits per heavy atom. The van der Waals surface area contributed by atoms with Crippen LogP contribution in [-0.4, -0.2) is 39.9 Å². The monoisotopic (exact) mass is 501 g/mol. The van der Waals surface area contributed by atoms with E-state index in [0.717, 1.165) is 14.7 Å². The van der Waals surface area contributed by atoms with E-state index < -0.39 is 18.0 Å². The number of carbonyl (C=O) groups is 2. The van der Waals surface area contributed by atoms with Crippen molar-refractivity contribution in [3.05, 3.63) is 57.2 Å². The summed E-state index contributed by atoms with van der Waals surface area (Å²) in [6, 6.07) is 11.1. The second kappa shape index (κ2) is 12.2. The zero-order chi connectivity index (χ0) is 21.1. The van der Waals surface area contributed by atoms with Crippen LogP contribution in [0.4, 0.5) is 0 Å². The van der Waals surface area contributed by atoms with Gasteiger partial charge in [0, 0.05) is 6.42 Å². The highest BCUT2D eigenvalue weighted by molar-refractivity contribution is 14.1. The molecule has 0 fully saturated rings. The van der Waals surface area contributed by atoms with Gasteiger partial charge in [0.25, 0.3) is 0 Å². The fraction of sp³-hybridized carbons (Fsp3) is 0.300. The largest absolute Gasteiger partial charge is 0.508 e. The Hall–Kier alpha value is -2.33. The van der Waals surface area contributed by atoms with Crippen molar-refractivity contribution in [2.75, 3.05) is 6.61 Å². The van der Waals surface area contributed by atoms with Crippen LogP contribution in [0, 0.1) is 3.57 Å². The number of ether oxygens (including phenoxy) is 1. The SMILES string of the molecule is CCOC(=O)C(N)Cc1ccc(O)cc1.O=C(O)CCc1ccc(O)c(I)c1. The van der Waals surface area contributed by atoms with Gasteiger partial charge in [-0.15, -0.1) is 0 Å². The Balaban J connectivity index is 0.000000283. The van der Waals surface area contributed by atoms with Crippen LogP contribution in [-0.2, 0) is 27.2 Å². The van der Waals surface area contributed by atoms with Crippen molar-refractivity contribution >= 4 is 34.5 Å². The quantitative estimate of drug-likeness (QED) is 0.339. The van der Waals surface area contributed by atoms with Gasteiger partial charge < -0.3 is 25.8 Å². The number of aliphatic carboxylic acids is 1. The standard InChI is InChI=1S/C11H15NO3.C9H9IO3/c1-2-15-11(14)10(12)7-8-3-5-9(13)6-4-8;10-7-5-6(1-3-8(7)11)2-4-9(12)13/h3-6,10,13H,2,7,12H2,1H3;1,3,5,11H,2,4H2,(H,12,13). The van der Waals surface area contributed by atoms with E-state index in [9.17, 15) is 14.7 Å². The number of hydrogen-bond acceptors (Lipinski definition) is 6. The molecule has 0 heterocycles. The van der Waals surface area contributed by atoms with E-state index in [4.69, 9.17) is 20.7 Å². The fourth-order valence-electron chi connectivity index (χ4n) is 2.18. The van der Waals surface area contributed by atoms with Crippen LogP contribution >= 0.6 is 22.6 Å². The number of benzene rings is 2. The van der Waals surface area contributed by atoms with Gasteiger partial charge in [-0.3, -0.25) is 9.59 Å². The molecule has 2 rings (SSSR count). The normalized spacial score (nSPS) is 11.1. The van der Waals surface area contributed by atoms with Crippen LogP contribution in [0.2, 0.25) is 0 Å². The van der Waals surface area contributed by atoms with Gasteiger partial charge in [-0.1, -0.05) is 18.2 Å². The summed E-state index contributed by atoms with van der Waals surface area (Å²) in [7, 11) is 0. The van der Waals surface area contributed by atoms with Crippen LogP contribution in [0.3, 0.4) is 0 Å². The molecule has 152 valence electrons. The summed E-state index contributed by atoms with van der Waals surface area (Å²) in [5.74, 6) is -0.767. The molecular weight excluding hydrogens is 477 g/mol. The Morgan fingerprint density at radius 2 is 1.71 bits per heavy atom. The number of aromatic hydroxyl groups is 2. The third-order valence-electron chi connectivity index (χ3n) is 3.62. The molecule has 0 aliphatic rings. The summed E-state index contributed by atoms with van der Waals surface area (Å²) < 4.78 is 5.54. The van der Waals surface area contributed by atoms with Gasteiger partial charge in [0.05, 0.1) is 10.2 Å². The zero-order valence-corrected chi connectivity index (χ0v) is 17.6. The summed E-state index contributed by atoms with van der Waals surface area (Å²) in [5, 5.41) is 26.7. The number of nitrogens with two attached hydrogens (primary N) is 1. The summed E-state index contributed by atoms with van der Waals surface area (Å²) in [5.41, 5.74) is 7.47. The number of rotatable bonds is 7. The van der Waals surface area contributed by atoms with E-state index in [1.165, 1.54) is 0 Å². The topological polar surface area (TPSA) is 130 Å². The molecule has 1 atom stereocenters. The average molecular weight is 501 g/mol. The molecule has 8 heteroatoms. The maximum absolute atomic E-state index is 11.2. The lowest BCUT2D eigenvalue weighted by molar-refractivity contribution is -0.144. The number of carbonyl (C=O) groups excluding carboxylic acids is 1. The van der Waals surface area contributed by atoms with Gasteiger partial charge in [-0.05, 0) is 77.7 Å². The maximum atomic E-state index is 11.2. The smallest absolute Gasteiger partial charge is 0.323 e. The molecule has 0 saturated heterocycles. The molecule has 0 aliphatic heterocycles. The highest BCUT2D eigenvalue weighted by atomic mass is 127. The molecule has 5 N–H and O–H groups in total. The minimum atomic E-state index is -0.803. The first kappa shape index (κ1) is 23.7. The maximum Gasteiger partial charge on any atom is 0.323 e. The minimum Gasteiger partial charge on any atom is -0.508 e. The van der Waals surface area contributed by atoms with Crippen LogP contribution in [0.1, 0.15) is 24.5 Å². The van der Waals surface area contributed by atoms with Crippen molar-refractivity contribution in [2.45, 2.75) is 32.2 Å². The lowest BCUT2D eigenvalue weighted by Gasteiger charge is -2.10. The van der Waals surface area contributed by atoms with Crippen LogP contribution in [0.5, 0.6) is 11.5 Å². The van der Waals surface area contributed by atoms with Gasteiger partial charge in [0.15, 0.2) is 0 Å². The molecule has 0 bridgehead atoms. The molecule has 0 aromatic heterocycles. The van der Waals surface area contributed by atoms with Crippen molar-refractivity contribution in [1.82, 2.24) is 0 Å². The number of aryl methyl sites for hydroxylation is 1. The van der Waals surface area contributed by atoms with Crippen molar-refractivity contribution in [1.29, 1.82) is 0 Å². The molecule has 7 nitrogen and oxygen atoms in total. The van der Waals surface area contributed by atoms with Crippen molar-refractivity contribution in [2.24, 2.45) is 5.73 Å². The van der Waals surface area contributed by atoms with Crippen molar-refractivity contribution in [3.8, 4) is 11.5 Å². The number of carboxylic acid groups (broad SMARTS) is 1. The summed E-state index contributed by atoms with van der Waals surface area (Å²) in [6.45, 7) is 2.08. The number of hydrogen-bond donors (Lipinski definition) is 4. The van der Waals surface area contributed by atoms with E-state index in [0.29, 0.717) is 19.4 Å². The van der Waals surface area contributed by atoms with Gasteiger partial charge in [-0.25, -0.2) is 0 Å². The van der Waals surface area contributed by atoms with Crippen LogP contribution in [0.25, 0.3) is 0 Å². The first-order valence-electron chi connectivity index (χ1n) is 8.62. The third-order valence-corrected chi connectivity index (χ3v) is 4.48. The molecule has 0 saturated carbocycles. The molecule has 2 aromatic rings. The fourth-order valence-corrected chi connectivity index (χ4v) is 2.76. The molecule has 0 radical (unpaired) electrons. The van der Waals surface area contributed by atoms with E-state index in [-0.39, 0.29) is 17.9 Å². The van der Waals surface area contributed by atoms with E-state index in [2.05, 4.69) is 0 Å². The third kappa shape index (κ3) is 9.05. The summed E-state index contributed by atoms with van der Waals surface area (Å²) in [4.78, 5) is 21.5. The highest BCUT2D eigenvalue weighted by Crippen LogP contribution is 2.20. The highest BCUT2D eigenvalue weighted by Gasteiger charge is 2.14. The molecule has 0 spiro atoms. The predicted molar refractivity (Wildman–Crippen MR) is 113 cm³/mol. The summed E-state index contributed by atoms with van der Waals surface area (Å²) in [6.07, 6.45) is 1.05. The lowest BCUT2D eigenvalue weighted by atomic mass is 10.1. The van der Waals surface area contributed by atoms with Crippen molar-refractivity contribution < 1.29 is 29.6 Å². The second-order valence-corrected chi connectivity index (χ2v) is 7.07. The average Bonchev–Trinajstić information content (AvgIpc) is 2.65. The minimum absolute atomic E-state index is 0.126. The number of halogens is 1. The molecule has 28 heavy (non-hydrogen) atoms. The van der Waals surface area contributed by atoms with Gasteiger partial charge in [-0.2, -0.15) is 0 Å². The Morgan fingerprint density at radius 1 is 1.11 bits per heavy atom. The number of phenolic OH excluding ortho intramolecular Hbond substituents is 2. The molecule has 1 unspecified atom stereocenters. The van der Waals surface area contributed by atoms with Gasteiger partial charge in [0.2, 0.25) is 0 Å². The van der Waals surface area contributed by atoms with E-state index >= 15 is 0 Å². The van der Waals surface area contributed by atoms with Crippen LogP contribution in [0.15, 0.2) is 42.5 Å². The van der Waals surface area contributed by atoms with Crippen molar-refractivity contribution in [3.63, 3.8) is 0 Å². The predicted octanol–water partition coefficient (Wildman–Crippen LogP) is 2.84. The molecule has 2 aromatic carbocycles. The molecule has 0 aliphatic carbocycles. The number of esters is 1. The lowest BCUT2D eigenvalue weighted by Crippen LogP contribution is -2.34. The van der Waals surface area contributed by atoms with Gasteiger partial charge >= 0.3 is 11.9 Å². The van der Waals surface area contributed by atoms with E-state index in [1.807, 2.05) is 22.6 Å². The first-order chi connectivity index (χ1) is 13.2. The van der Waals surface area contributed by atoms with Crippen LogP contribution < -0.4 is 5.73 Å². The summed E-state index contributed by atoms with van der Waals surface area (Å²) >= 11 is 2.01. The number of phenols is 2. The Kier molecular flexibility index (Phi) is 10.3. The van der Waals surface area contributed by atoms with Gasteiger partial charge in [0.1, 0.15) is 17.5 Å². The molecular formula is C20H24INO6. The first-order valence-corrected chi connectivity index (χ1v) is 9.70. The Bertz CT molecular complexity index is 779. The zero-order valence-electron chi connectivity index (χ0n) is 15.5. The van der Waals surface area contributed by atoms with E-state index in [1.54, 1.807) is 49.4 Å². The number of carboxylic acids is 1. The molecule has 0 amide bonds.